The van der Waals surface area contributed by atoms with Crippen LogP contribution in [0.4, 0.5) is 10.6 Å². The number of aliphatic hydroxyl groups excluding tert-OH is 1. The number of carbonyl (C=O) groups excluding carboxylic acids is 8. The van der Waals surface area contributed by atoms with Crippen LogP contribution in [0.25, 0.3) is 11.1 Å². The van der Waals surface area contributed by atoms with E-state index in [1.165, 1.54) is 30.2 Å². The summed E-state index contributed by atoms with van der Waals surface area (Å²) in [5.74, 6) is -8.56. The second-order valence-corrected chi connectivity index (χ2v) is 36.2. The second-order valence-electron chi connectivity index (χ2n) is 34.1. The van der Waals surface area contributed by atoms with Crippen LogP contribution in [0.1, 0.15) is 153 Å². The molecule has 1 aromatic heterocycles. The Labute approximate surface area is 760 Å². The number of sulfone groups is 1. The number of esters is 1. The summed E-state index contributed by atoms with van der Waals surface area (Å²) in [4.78, 5) is 119. The summed E-state index contributed by atoms with van der Waals surface area (Å²) in [6.07, 6.45) is 10.9. The van der Waals surface area contributed by atoms with Crippen LogP contribution in [0.5, 0.6) is 5.75 Å². The lowest BCUT2D eigenvalue weighted by Gasteiger charge is -2.42. The van der Waals surface area contributed by atoms with E-state index in [1.807, 2.05) is 75.4 Å². The molecular formula is C95H140N6O27S. The SMILES string of the molecule is CO[C@H]1C[C@@H]2CC[C@@H](C)[C@@](O)(O2)C(=O)C(=O)N2CCCC[C@H]2C(=O)O[C@H]([C@H](C)C[C@@H]2CC[C@@H](OC(=O)NCCOCCOCCOCCOCCOCCOCCOCCOCCC(=O)NCCS(=O)(=O)c3ccc(C(=O)N4CCOc5ccc(-c6ccc(N)nc6)cc5C4)c(C)c3)[C@H](OC)C2)CC(=O)[C@H](C)/C=C(\C)[C@@H](O)[C@@H](OC)C(=O)[C@H](C)C[C@H](C)/C=C/C=C/C=C/1C. The molecule has 0 radical (unpaired) electrons. The number of cyclic esters (lactones) is 1. The Morgan fingerprint density at radius 3 is 1.96 bits per heavy atom. The largest absolute Gasteiger partial charge is 0.491 e. The average Bonchev–Trinajstić information content (AvgIpc) is 1.08. The van der Waals surface area contributed by atoms with Gasteiger partial charge in [0.15, 0.2) is 15.6 Å². The molecular weight excluding hydrogens is 1690 g/mol. The zero-order valence-electron chi connectivity index (χ0n) is 77.1. The first-order chi connectivity index (χ1) is 61.9. The number of Topliss-reactive ketones (excluding diaryl/α,β-unsaturated/α-hetero) is 3. The van der Waals surface area contributed by atoms with Crippen LogP contribution in [0.2, 0.25) is 0 Å². The van der Waals surface area contributed by atoms with Gasteiger partial charge in [-0.1, -0.05) is 77.1 Å². The number of pyridine rings is 1. The van der Waals surface area contributed by atoms with Crippen molar-refractivity contribution >= 4 is 62.8 Å². The number of ketones is 3. The minimum absolute atomic E-state index is 0.0229. The van der Waals surface area contributed by atoms with Gasteiger partial charge < -0.3 is 107 Å². The summed E-state index contributed by atoms with van der Waals surface area (Å²) in [5.41, 5.74) is 10.5. The monoisotopic (exact) mass is 1830 g/mol. The quantitative estimate of drug-likeness (QED) is 0.0153. The molecule has 5 aliphatic rings. The highest BCUT2D eigenvalue weighted by Gasteiger charge is 2.53. The van der Waals surface area contributed by atoms with Crippen molar-refractivity contribution in [3.8, 4) is 16.9 Å². The molecule has 15 atom stereocenters. The van der Waals surface area contributed by atoms with Crippen LogP contribution >= 0.6 is 0 Å². The third kappa shape index (κ3) is 34.0. The lowest BCUT2D eigenvalue weighted by Crippen LogP contribution is -2.61. The molecule has 33 nitrogen and oxygen atoms in total. The molecule has 129 heavy (non-hydrogen) atoms. The van der Waals surface area contributed by atoms with Gasteiger partial charge in [-0.2, -0.15) is 0 Å². The number of carbonyl (C=O) groups is 8. The number of rotatable bonds is 40. The van der Waals surface area contributed by atoms with Gasteiger partial charge in [0.2, 0.25) is 11.7 Å². The molecule has 1 aliphatic carbocycles. The van der Waals surface area contributed by atoms with Gasteiger partial charge in [-0.3, -0.25) is 28.8 Å². The first kappa shape index (κ1) is 106. The molecule has 1 saturated carbocycles. The average molecular weight is 1830 g/mol. The Kier molecular flexibility index (Phi) is 45.4. The van der Waals surface area contributed by atoms with Crippen LogP contribution in [-0.2, 0) is 111 Å². The Morgan fingerprint density at radius 2 is 1.33 bits per heavy atom. The zero-order valence-corrected chi connectivity index (χ0v) is 77.9. The zero-order chi connectivity index (χ0) is 93.4. The maximum Gasteiger partial charge on any atom is 0.407 e. The standard InChI is InChI=1S/C95H140N6O27S/c1-63-17-13-12-14-18-64(2)82(114-9)59-75-24-20-70(8)95(111,128-75)90(106)92(108)101-33-16-15-19-78(101)93(109)126-83(60-79(102)66(4)54-69(7)88(105)89(116-11)87(104)68(6)53-63)67(5)55-71-21-27-81(84(57-71)115-10)127-94(110)98-31-36-118-39-41-120-43-45-122-47-49-124-51-50-123-48-46-121-44-42-119-40-38-117-35-30-86(103)97-32-52-129(112,113)76-25-26-77(65(3)56-76)91(107)100-34-37-125-80-28-22-72(58-74(80)62-100)73-23-29-85(96)99-61-73/h12-14,17-18,22-23,25-26,28-29,54,56,58,61,63,66-68,70-71,75,78,81-84,88-89,105,111H,15-16,19-21,24,27,30-53,55,57,59-60,62H2,1-11H3,(H2,96,99)(H,97,103)(H,98,110)/b14-12+,17-13+,64-18+,69-54+/t63-,66-,67-,68-,70-,71+,75+,78+,81-,82+,83+,84-,88-,89+,95-/m1/s1. The first-order valence-corrected chi connectivity index (χ1v) is 47.0. The number of benzene rings is 2. The van der Waals surface area contributed by atoms with Crippen molar-refractivity contribution in [1.82, 2.24) is 25.4 Å². The van der Waals surface area contributed by atoms with Gasteiger partial charge in [0.05, 0.1) is 141 Å². The minimum atomic E-state index is -3.79. The molecule has 5 heterocycles. The summed E-state index contributed by atoms with van der Waals surface area (Å²) in [6, 6.07) is 12.6. The number of aryl methyl sites for hydroxylation is 1. The Morgan fingerprint density at radius 1 is 0.682 bits per heavy atom. The molecule has 4 aliphatic heterocycles. The van der Waals surface area contributed by atoms with Crippen LogP contribution in [-0.4, -0.2) is 301 Å². The third-order valence-corrected chi connectivity index (χ3v) is 25.9. The lowest BCUT2D eigenvalue weighted by atomic mass is 9.78. The number of nitrogens with one attached hydrogen (secondary N) is 2. The van der Waals surface area contributed by atoms with E-state index in [2.05, 4.69) is 15.6 Å². The van der Waals surface area contributed by atoms with Gasteiger partial charge in [0, 0.05) is 107 Å². The molecule has 718 valence electrons. The number of nitrogen functional groups attached to an aromatic ring is 1. The number of aromatic nitrogens is 1. The predicted octanol–water partition coefficient (Wildman–Crippen LogP) is 9.01. The number of hydrogen-bond acceptors (Lipinski definition) is 29. The normalized spacial score (nSPS) is 26.7. The molecule has 2 aromatic carbocycles. The number of nitrogens with two attached hydrogens (primary N) is 1. The fourth-order valence-electron chi connectivity index (χ4n) is 16.5. The number of allylic oxidation sites excluding steroid dienone is 6. The van der Waals surface area contributed by atoms with E-state index in [9.17, 15) is 57.0 Å². The maximum atomic E-state index is 14.7. The van der Waals surface area contributed by atoms with Crippen LogP contribution in [0.3, 0.4) is 0 Å². The van der Waals surface area contributed by atoms with Crippen molar-refractivity contribution in [2.24, 2.45) is 35.5 Å². The molecule has 3 fully saturated rings. The highest BCUT2D eigenvalue weighted by Crippen LogP contribution is 2.39. The van der Waals surface area contributed by atoms with Gasteiger partial charge in [0.25, 0.3) is 17.6 Å². The molecule has 3 aromatic rings. The van der Waals surface area contributed by atoms with Crippen molar-refractivity contribution in [3.63, 3.8) is 0 Å². The number of methoxy groups -OCH3 is 3. The van der Waals surface area contributed by atoms with Crippen molar-refractivity contribution in [1.29, 1.82) is 0 Å². The van der Waals surface area contributed by atoms with Gasteiger partial charge in [-0.25, -0.2) is 23.0 Å². The molecule has 6 N–H and O–H groups in total. The second kappa shape index (κ2) is 55.3. The fraction of sp³-hybridized carbons (Fsp3) is 0.653. The number of nitrogens with zero attached hydrogens (tertiary/aromatic N) is 3. The number of aliphatic hydroxyl groups is 2. The van der Waals surface area contributed by atoms with E-state index in [1.54, 1.807) is 72.1 Å². The highest BCUT2D eigenvalue weighted by molar-refractivity contribution is 7.91. The number of fused-ring (bicyclic) bond motifs is 4. The number of anilines is 1. The maximum absolute atomic E-state index is 14.7. The van der Waals surface area contributed by atoms with Gasteiger partial charge >= 0.3 is 12.1 Å². The number of piperidine rings is 1. The third-order valence-electron chi connectivity index (χ3n) is 24.2. The van der Waals surface area contributed by atoms with Gasteiger partial charge in [-0.05, 0) is 167 Å². The lowest BCUT2D eigenvalue weighted by molar-refractivity contribution is -0.265. The van der Waals surface area contributed by atoms with E-state index in [0.29, 0.717) is 185 Å². The number of hydrogen-bond donors (Lipinski definition) is 5. The van der Waals surface area contributed by atoms with Crippen molar-refractivity contribution in [2.75, 3.05) is 171 Å². The highest BCUT2D eigenvalue weighted by atomic mass is 32.2. The van der Waals surface area contributed by atoms with Crippen molar-refractivity contribution in [3.05, 3.63) is 119 Å². The molecule has 4 amide bonds. The summed E-state index contributed by atoms with van der Waals surface area (Å²) < 4.78 is 113. The van der Waals surface area contributed by atoms with Crippen molar-refractivity contribution in [2.45, 2.75) is 205 Å². The van der Waals surface area contributed by atoms with Crippen LogP contribution in [0.15, 0.2) is 107 Å². The first-order valence-electron chi connectivity index (χ1n) is 45.4. The van der Waals surface area contributed by atoms with E-state index in [4.69, 9.17) is 76.8 Å². The summed E-state index contributed by atoms with van der Waals surface area (Å²) >= 11 is 0. The predicted molar refractivity (Wildman–Crippen MR) is 479 cm³/mol. The van der Waals surface area contributed by atoms with E-state index >= 15 is 0 Å². The van der Waals surface area contributed by atoms with Crippen LogP contribution < -0.4 is 21.1 Å². The fourth-order valence-corrected chi connectivity index (χ4v) is 17.8. The topological polar surface area (TPSA) is 419 Å². The molecule has 34 heteroatoms. The number of alkyl carbamates (subject to hydrolysis) is 1. The Bertz CT molecular complexity index is 4300. The smallest absolute Gasteiger partial charge is 0.407 e. The molecule has 2 bridgehead atoms. The van der Waals surface area contributed by atoms with Crippen LogP contribution in [0, 0.1) is 42.4 Å². The van der Waals surface area contributed by atoms with E-state index in [0.717, 1.165) is 22.3 Å². The summed E-state index contributed by atoms with van der Waals surface area (Å²) in [7, 11) is 0.687. The molecule has 0 spiro atoms. The molecule has 2 saturated heterocycles. The Balaban J connectivity index is 0.643. The Hall–Kier alpha value is -8.30. The van der Waals surface area contributed by atoms with Crippen molar-refractivity contribution < 1.29 is 128 Å². The molecule has 0 unspecified atom stereocenters. The summed E-state index contributed by atoms with van der Waals surface area (Å²) in [5, 5.41) is 29.2. The number of amides is 4. The number of ether oxygens (including phenoxy) is 15. The van der Waals surface area contributed by atoms with E-state index in [-0.39, 0.29) is 118 Å². The van der Waals surface area contributed by atoms with Gasteiger partial charge in [0.1, 0.15) is 54.4 Å². The van der Waals surface area contributed by atoms with E-state index < -0.39 is 112 Å². The summed E-state index contributed by atoms with van der Waals surface area (Å²) in [6.45, 7) is 20.4. The minimum Gasteiger partial charge on any atom is -0.491 e. The van der Waals surface area contributed by atoms with Gasteiger partial charge in [-0.15, -0.1) is 0 Å². The molecule has 8 rings (SSSR count).